The van der Waals surface area contributed by atoms with E-state index in [0.717, 1.165) is 0 Å². The molecule has 1 aliphatic carbocycles. The first-order chi connectivity index (χ1) is 8.06. The van der Waals surface area contributed by atoms with Crippen molar-refractivity contribution in [3.05, 3.63) is 28.8 Å². The summed E-state index contributed by atoms with van der Waals surface area (Å²) < 4.78 is 6.49. The molecule has 2 atom stereocenters. The fraction of sp³-hybridized carbons (Fsp3) is 0.625. The Morgan fingerprint density at radius 3 is 2.65 bits per heavy atom. The lowest BCUT2D eigenvalue weighted by Crippen LogP contribution is -2.39. The Morgan fingerprint density at radius 1 is 1.24 bits per heavy atom. The number of hydrogen-bond acceptors (Lipinski definition) is 1. The Labute approximate surface area is 104 Å². The van der Waals surface area contributed by atoms with E-state index < -0.39 is 0 Å². The van der Waals surface area contributed by atoms with Crippen LogP contribution in [0.3, 0.4) is 0 Å². The van der Waals surface area contributed by atoms with E-state index in [1.54, 1.807) is 0 Å². The average Bonchev–Trinajstić information content (AvgIpc) is 2.80. The van der Waals surface area contributed by atoms with E-state index >= 15 is 0 Å². The smallest absolute Gasteiger partial charge is 0.126 e. The van der Waals surface area contributed by atoms with Gasteiger partial charge in [-0.15, -0.1) is 0 Å². The van der Waals surface area contributed by atoms with Gasteiger partial charge < -0.3 is 4.74 Å². The Bertz CT molecular complexity index is 461. The molecule has 2 aliphatic rings. The van der Waals surface area contributed by atoms with Crippen molar-refractivity contribution in [1.82, 2.24) is 0 Å². The summed E-state index contributed by atoms with van der Waals surface area (Å²) in [5.74, 6) is 2.43. The second-order valence-corrected chi connectivity index (χ2v) is 6.10. The lowest BCUT2D eigenvalue weighted by atomic mass is 9.78. The summed E-state index contributed by atoms with van der Waals surface area (Å²) in [5.41, 5.74) is 4.33. The molecule has 1 nitrogen and oxygen atoms in total. The van der Waals surface area contributed by atoms with Gasteiger partial charge in [-0.05, 0) is 50.2 Å². The lowest BCUT2D eigenvalue weighted by molar-refractivity contribution is 0.0361. The molecule has 1 aromatic carbocycles. The normalized spacial score (nSPS) is 30.3. The van der Waals surface area contributed by atoms with Crippen LogP contribution in [0.5, 0.6) is 5.75 Å². The third-order valence-electron chi connectivity index (χ3n) is 4.88. The highest BCUT2D eigenvalue weighted by Crippen LogP contribution is 2.58. The van der Waals surface area contributed by atoms with Crippen LogP contribution in [0.1, 0.15) is 55.7 Å². The molecule has 0 amide bonds. The molecule has 0 bridgehead atoms. The molecule has 1 fully saturated rings. The molecule has 1 aliphatic heterocycles. The first-order valence-corrected chi connectivity index (χ1v) is 6.85. The molecule has 0 spiro atoms. The Morgan fingerprint density at radius 2 is 1.94 bits per heavy atom. The van der Waals surface area contributed by atoms with Gasteiger partial charge in [0.2, 0.25) is 0 Å². The average molecular weight is 230 g/mol. The van der Waals surface area contributed by atoms with Crippen LogP contribution in [0.15, 0.2) is 12.1 Å². The van der Waals surface area contributed by atoms with Crippen molar-refractivity contribution in [2.75, 3.05) is 0 Å². The first-order valence-electron chi connectivity index (χ1n) is 6.85. The van der Waals surface area contributed by atoms with E-state index in [2.05, 4.69) is 39.8 Å². The van der Waals surface area contributed by atoms with Gasteiger partial charge in [0.1, 0.15) is 11.4 Å². The zero-order valence-electron chi connectivity index (χ0n) is 11.3. The molecular weight excluding hydrogens is 208 g/mol. The Hall–Kier alpha value is -0.980. The van der Waals surface area contributed by atoms with Crippen molar-refractivity contribution >= 4 is 0 Å². The summed E-state index contributed by atoms with van der Waals surface area (Å²) in [5, 5.41) is 0. The van der Waals surface area contributed by atoms with Crippen LogP contribution in [0.2, 0.25) is 0 Å². The predicted molar refractivity (Wildman–Crippen MR) is 70.7 cm³/mol. The first kappa shape index (κ1) is 11.1. The lowest BCUT2D eigenvalue weighted by Gasteiger charge is -2.33. The van der Waals surface area contributed by atoms with Crippen molar-refractivity contribution in [2.45, 2.75) is 58.5 Å². The number of hydrogen-bond donors (Lipinski definition) is 0. The topological polar surface area (TPSA) is 9.23 Å². The molecule has 0 radical (unpaired) electrons. The van der Waals surface area contributed by atoms with Crippen LogP contribution >= 0.6 is 0 Å². The van der Waals surface area contributed by atoms with Gasteiger partial charge in [-0.3, -0.25) is 0 Å². The SMILES string of the molecule is Cc1ccc(C)c2c1O[C@@]1(C(C)C)CCC[C@@H]21. The molecule has 1 heteroatoms. The van der Waals surface area contributed by atoms with Gasteiger partial charge in [-0.1, -0.05) is 26.0 Å². The molecule has 1 heterocycles. The molecule has 0 aromatic heterocycles. The van der Waals surface area contributed by atoms with E-state index in [4.69, 9.17) is 4.74 Å². The highest BCUT2D eigenvalue weighted by molar-refractivity contribution is 5.53. The molecular formula is C16H22O. The monoisotopic (exact) mass is 230 g/mol. The van der Waals surface area contributed by atoms with Crippen LogP contribution in [-0.2, 0) is 0 Å². The van der Waals surface area contributed by atoms with Gasteiger partial charge >= 0.3 is 0 Å². The van der Waals surface area contributed by atoms with Crippen molar-refractivity contribution in [3.8, 4) is 5.75 Å². The van der Waals surface area contributed by atoms with Crippen LogP contribution in [0, 0.1) is 19.8 Å². The second kappa shape index (κ2) is 3.51. The van der Waals surface area contributed by atoms with E-state index in [-0.39, 0.29) is 5.60 Å². The maximum absolute atomic E-state index is 6.49. The largest absolute Gasteiger partial charge is 0.486 e. The van der Waals surface area contributed by atoms with Gasteiger partial charge in [0, 0.05) is 11.5 Å². The summed E-state index contributed by atoms with van der Waals surface area (Å²) in [7, 11) is 0. The molecule has 1 aromatic rings. The summed E-state index contributed by atoms with van der Waals surface area (Å²) in [6, 6.07) is 4.45. The van der Waals surface area contributed by atoms with Gasteiger partial charge in [0.25, 0.3) is 0 Å². The van der Waals surface area contributed by atoms with Crippen LogP contribution < -0.4 is 4.74 Å². The van der Waals surface area contributed by atoms with Gasteiger partial charge in [-0.25, -0.2) is 0 Å². The van der Waals surface area contributed by atoms with Crippen LogP contribution in [-0.4, -0.2) is 5.60 Å². The maximum atomic E-state index is 6.49. The second-order valence-electron chi connectivity index (χ2n) is 6.10. The van der Waals surface area contributed by atoms with E-state index in [9.17, 15) is 0 Å². The Kier molecular flexibility index (Phi) is 2.30. The number of aryl methyl sites for hydroxylation is 2. The standard InChI is InChI=1S/C16H22O/c1-10(2)16-9-5-6-13(16)14-11(3)7-8-12(4)15(14)17-16/h7-8,10,13H,5-6,9H2,1-4H3/t13-,16+/m0/s1. The number of fused-ring (bicyclic) bond motifs is 3. The highest BCUT2D eigenvalue weighted by Gasteiger charge is 2.54. The van der Waals surface area contributed by atoms with Crippen molar-refractivity contribution in [3.63, 3.8) is 0 Å². The molecule has 0 saturated heterocycles. The summed E-state index contributed by atoms with van der Waals surface area (Å²) >= 11 is 0. The van der Waals surface area contributed by atoms with Crippen molar-refractivity contribution < 1.29 is 4.74 Å². The van der Waals surface area contributed by atoms with E-state index in [1.165, 1.54) is 41.7 Å². The number of ether oxygens (including phenoxy) is 1. The van der Waals surface area contributed by atoms with Gasteiger partial charge in [-0.2, -0.15) is 0 Å². The van der Waals surface area contributed by atoms with E-state index in [0.29, 0.717) is 11.8 Å². The number of benzene rings is 1. The van der Waals surface area contributed by atoms with Crippen LogP contribution in [0.4, 0.5) is 0 Å². The van der Waals surface area contributed by atoms with E-state index in [1.807, 2.05) is 0 Å². The fourth-order valence-corrected chi connectivity index (χ4v) is 3.89. The fourth-order valence-electron chi connectivity index (χ4n) is 3.89. The third kappa shape index (κ3) is 1.31. The molecule has 17 heavy (non-hydrogen) atoms. The zero-order valence-corrected chi connectivity index (χ0v) is 11.3. The molecule has 0 N–H and O–H groups in total. The maximum Gasteiger partial charge on any atom is 0.126 e. The predicted octanol–water partition coefficient (Wildman–Crippen LogP) is 4.36. The van der Waals surface area contributed by atoms with Crippen molar-refractivity contribution in [2.24, 2.45) is 5.92 Å². The minimum atomic E-state index is 0.0964. The zero-order chi connectivity index (χ0) is 12.2. The summed E-state index contributed by atoms with van der Waals surface area (Å²) in [6.45, 7) is 9.04. The van der Waals surface area contributed by atoms with Gasteiger partial charge in [0.05, 0.1) is 0 Å². The van der Waals surface area contributed by atoms with Crippen LogP contribution in [0.25, 0.3) is 0 Å². The molecule has 3 rings (SSSR count). The summed E-state index contributed by atoms with van der Waals surface area (Å²) in [6.07, 6.45) is 3.84. The minimum Gasteiger partial charge on any atom is -0.486 e. The molecule has 0 unspecified atom stereocenters. The summed E-state index contributed by atoms with van der Waals surface area (Å²) in [4.78, 5) is 0. The minimum absolute atomic E-state index is 0.0964. The molecule has 92 valence electrons. The highest BCUT2D eigenvalue weighted by atomic mass is 16.5. The van der Waals surface area contributed by atoms with Gasteiger partial charge in [0.15, 0.2) is 0 Å². The molecule has 1 saturated carbocycles. The van der Waals surface area contributed by atoms with Crippen molar-refractivity contribution in [1.29, 1.82) is 0 Å². The third-order valence-corrected chi connectivity index (χ3v) is 4.88. The Balaban J connectivity index is 2.18. The number of rotatable bonds is 1. The quantitative estimate of drug-likeness (QED) is 0.696.